The van der Waals surface area contributed by atoms with Crippen LogP contribution in [-0.2, 0) is 14.3 Å². The number of benzene rings is 1. The van der Waals surface area contributed by atoms with Crippen LogP contribution in [0.25, 0.3) is 0 Å². The van der Waals surface area contributed by atoms with E-state index in [1.165, 1.54) is 20.0 Å². The van der Waals surface area contributed by atoms with Gasteiger partial charge in [0, 0.05) is 20.2 Å². The van der Waals surface area contributed by atoms with Crippen LogP contribution in [0.15, 0.2) is 30.3 Å². The molecule has 2 fully saturated rings. The first kappa shape index (κ1) is 17.0. The molecule has 2 atom stereocenters. The Morgan fingerprint density at radius 1 is 1.17 bits per heavy atom. The van der Waals surface area contributed by atoms with E-state index in [2.05, 4.69) is 5.32 Å². The fourth-order valence-corrected chi connectivity index (χ4v) is 3.40. The molecule has 1 heterocycles. The van der Waals surface area contributed by atoms with Crippen molar-refractivity contribution in [3.05, 3.63) is 35.9 Å². The first-order valence-electron chi connectivity index (χ1n) is 8.80. The average Bonchev–Trinajstić information content (AvgIpc) is 3.44. The second-order valence-corrected chi connectivity index (χ2v) is 6.87. The van der Waals surface area contributed by atoms with Gasteiger partial charge in [0.05, 0.1) is 12.0 Å². The highest BCUT2D eigenvalue weighted by Gasteiger charge is 2.35. The summed E-state index contributed by atoms with van der Waals surface area (Å²) in [6, 6.07) is 10.1. The molecule has 1 saturated heterocycles. The normalized spacial score (nSPS) is 23.8. The van der Waals surface area contributed by atoms with E-state index in [0.717, 1.165) is 24.9 Å². The topological polar surface area (TPSA) is 58.6 Å². The molecule has 24 heavy (non-hydrogen) atoms. The molecular weight excluding hydrogens is 304 g/mol. The van der Waals surface area contributed by atoms with Crippen LogP contribution in [0.5, 0.6) is 0 Å². The van der Waals surface area contributed by atoms with Crippen molar-refractivity contribution in [2.45, 2.75) is 31.7 Å². The summed E-state index contributed by atoms with van der Waals surface area (Å²) in [7, 11) is 1.53. The van der Waals surface area contributed by atoms with Crippen LogP contribution in [0.2, 0.25) is 0 Å². The van der Waals surface area contributed by atoms with E-state index in [0.29, 0.717) is 12.5 Å². The molecule has 130 valence electrons. The number of hydrogen-bond donors (Lipinski definition) is 1. The molecule has 2 amide bonds. The molecule has 0 aromatic heterocycles. The van der Waals surface area contributed by atoms with E-state index in [1.54, 1.807) is 0 Å². The summed E-state index contributed by atoms with van der Waals surface area (Å²) in [5, 5.41) is 3.05. The maximum absolute atomic E-state index is 12.5. The third kappa shape index (κ3) is 4.15. The lowest BCUT2D eigenvalue weighted by Gasteiger charge is -2.39. The zero-order chi connectivity index (χ0) is 16.9. The van der Waals surface area contributed by atoms with E-state index in [-0.39, 0.29) is 30.4 Å². The van der Waals surface area contributed by atoms with Crippen molar-refractivity contribution < 1.29 is 14.3 Å². The van der Waals surface area contributed by atoms with Crippen LogP contribution in [0.1, 0.15) is 37.3 Å². The van der Waals surface area contributed by atoms with Gasteiger partial charge in [-0.3, -0.25) is 9.59 Å². The molecule has 0 spiro atoms. The zero-order valence-electron chi connectivity index (χ0n) is 14.2. The Balaban J connectivity index is 1.68. The molecule has 0 radical (unpaired) electrons. The number of ether oxygens (including phenoxy) is 1. The lowest BCUT2D eigenvalue weighted by atomic mass is 9.88. The summed E-state index contributed by atoms with van der Waals surface area (Å²) in [5.41, 5.74) is 1.12. The third-order valence-electron chi connectivity index (χ3n) is 4.99. The van der Waals surface area contributed by atoms with E-state index in [9.17, 15) is 9.59 Å². The molecular formula is C19H26N2O3. The van der Waals surface area contributed by atoms with Gasteiger partial charge in [-0.05, 0) is 37.2 Å². The average molecular weight is 330 g/mol. The Bertz CT molecular complexity index is 571. The van der Waals surface area contributed by atoms with Crippen LogP contribution in [-0.4, -0.2) is 43.5 Å². The summed E-state index contributed by atoms with van der Waals surface area (Å²) in [6.45, 7) is 1.31. The Labute approximate surface area is 143 Å². The van der Waals surface area contributed by atoms with Crippen molar-refractivity contribution in [1.29, 1.82) is 0 Å². The van der Waals surface area contributed by atoms with Crippen molar-refractivity contribution in [3.63, 3.8) is 0 Å². The van der Waals surface area contributed by atoms with Gasteiger partial charge in [-0.15, -0.1) is 0 Å². The Morgan fingerprint density at radius 3 is 2.58 bits per heavy atom. The highest BCUT2D eigenvalue weighted by atomic mass is 16.5. The molecule has 2 aliphatic rings. The summed E-state index contributed by atoms with van der Waals surface area (Å²) >= 11 is 0. The van der Waals surface area contributed by atoms with E-state index >= 15 is 0 Å². The van der Waals surface area contributed by atoms with Crippen LogP contribution < -0.4 is 5.32 Å². The minimum atomic E-state index is -0.121. The van der Waals surface area contributed by atoms with Gasteiger partial charge < -0.3 is 15.0 Å². The summed E-state index contributed by atoms with van der Waals surface area (Å²) < 4.78 is 5.03. The van der Waals surface area contributed by atoms with Crippen molar-refractivity contribution in [1.82, 2.24) is 10.2 Å². The number of nitrogens with zero attached hydrogens (tertiary/aromatic N) is 1. The van der Waals surface area contributed by atoms with Crippen LogP contribution in [0.4, 0.5) is 0 Å². The Hall–Kier alpha value is -1.88. The largest absolute Gasteiger partial charge is 0.375 e. The number of hydrogen-bond acceptors (Lipinski definition) is 3. The van der Waals surface area contributed by atoms with E-state index in [4.69, 9.17) is 4.74 Å². The van der Waals surface area contributed by atoms with Gasteiger partial charge in [0.1, 0.15) is 6.61 Å². The highest BCUT2D eigenvalue weighted by molar-refractivity contribution is 5.82. The standard InChI is InChI=1S/C19H26N2O3/c1-24-13-18(22)21-12-16(19(23)20-11-14-7-8-14)9-10-17(21)15-5-3-2-4-6-15/h2-6,14,16-17H,7-13H2,1H3,(H,20,23). The Morgan fingerprint density at radius 2 is 1.92 bits per heavy atom. The lowest BCUT2D eigenvalue weighted by Crippen LogP contribution is -2.48. The predicted molar refractivity (Wildman–Crippen MR) is 91.2 cm³/mol. The van der Waals surface area contributed by atoms with E-state index < -0.39 is 0 Å². The van der Waals surface area contributed by atoms with Crippen LogP contribution >= 0.6 is 0 Å². The number of methoxy groups -OCH3 is 1. The fraction of sp³-hybridized carbons (Fsp3) is 0.579. The van der Waals surface area contributed by atoms with E-state index in [1.807, 2.05) is 35.2 Å². The number of carbonyl (C=O) groups is 2. The molecule has 0 bridgehead atoms. The lowest BCUT2D eigenvalue weighted by molar-refractivity contribution is -0.142. The Kier molecular flexibility index (Phi) is 5.51. The van der Waals surface area contributed by atoms with Gasteiger partial charge in [-0.25, -0.2) is 0 Å². The maximum Gasteiger partial charge on any atom is 0.249 e. The quantitative estimate of drug-likeness (QED) is 0.869. The molecule has 2 unspecified atom stereocenters. The molecule has 1 N–H and O–H groups in total. The van der Waals surface area contributed by atoms with Gasteiger partial charge in [-0.1, -0.05) is 30.3 Å². The smallest absolute Gasteiger partial charge is 0.249 e. The van der Waals surface area contributed by atoms with Gasteiger partial charge in [0.15, 0.2) is 0 Å². The van der Waals surface area contributed by atoms with Crippen molar-refractivity contribution >= 4 is 11.8 Å². The van der Waals surface area contributed by atoms with Gasteiger partial charge >= 0.3 is 0 Å². The summed E-state index contributed by atoms with van der Waals surface area (Å²) in [6.07, 6.45) is 4.06. The second kappa shape index (κ2) is 7.79. The number of carbonyl (C=O) groups excluding carboxylic acids is 2. The molecule has 3 rings (SSSR count). The third-order valence-corrected chi connectivity index (χ3v) is 4.99. The van der Waals surface area contributed by atoms with Crippen LogP contribution in [0.3, 0.4) is 0 Å². The fourth-order valence-electron chi connectivity index (χ4n) is 3.40. The summed E-state index contributed by atoms with van der Waals surface area (Å²) in [5.74, 6) is 0.583. The number of rotatable bonds is 6. The molecule has 1 saturated carbocycles. The first-order chi connectivity index (χ1) is 11.7. The molecule has 1 aliphatic carbocycles. The number of piperidine rings is 1. The second-order valence-electron chi connectivity index (χ2n) is 6.87. The van der Waals surface area contributed by atoms with Crippen LogP contribution in [0, 0.1) is 11.8 Å². The molecule has 5 heteroatoms. The highest BCUT2D eigenvalue weighted by Crippen LogP contribution is 2.34. The van der Waals surface area contributed by atoms with Gasteiger partial charge in [0.25, 0.3) is 0 Å². The SMILES string of the molecule is COCC(=O)N1CC(C(=O)NCC2CC2)CCC1c1ccccc1. The summed E-state index contributed by atoms with van der Waals surface area (Å²) in [4.78, 5) is 26.7. The maximum atomic E-state index is 12.5. The number of likely N-dealkylation sites (tertiary alicyclic amines) is 1. The number of amides is 2. The van der Waals surface area contributed by atoms with Crippen molar-refractivity contribution in [2.75, 3.05) is 26.8 Å². The molecule has 1 aromatic carbocycles. The molecule has 5 nitrogen and oxygen atoms in total. The minimum Gasteiger partial charge on any atom is -0.375 e. The number of nitrogens with one attached hydrogen (secondary N) is 1. The first-order valence-corrected chi connectivity index (χ1v) is 8.80. The van der Waals surface area contributed by atoms with Gasteiger partial charge in [0.2, 0.25) is 11.8 Å². The zero-order valence-corrected chi connectivity index (χ0v) is 14.2. The minimum absolute atomic E-state index is 0.0290. The predicted octanol–water partition coefficient (Wildman–Crippen LogP) is 2.14. The van der Waals surface area contributed by atoms with Gasteiger partial charge in [-0.2, -0.15) is 0 Å². The van der Waals surface area contributed by atoms with Crippen molar-refractivity contribution in [2.24, 2.45) is 11.8 Å². The monoisotopic (exact) mass is 330 g/mol. The molecule has 1 aliphatic heterocycles. The molecule has 1 aromatic rings. The van der Waals surface area contributed by atoms with Crippen molar-refractivity contribution in [3.8, 4) is 0 Å².